The summed E-state index contributed by atoms with van der Waals surface area (Å²) in [5, 5.41) is 0. The highest BCUT2D eigenvalue weighted by molar-refractivity contribution is 6.70. The van der Waals surface area contributed by atoms with Gasteiger partial charge in [-0.1, -0.05) is 25.5 Å². The molecule has 0 radical (unpaired) electrons. The molecule has 0 bridgehead atoms. The quantitative estimate of drug-likeness (QED) is 0.323. The summed E-state index contributed by atoms with van der Waals surface area (Å²) in [5.41, 5.74) is 2.61. The maximum Gasteiger partial charge on any atom is 0.184 e. The van der Waals surface area contributed by atoms with E-state index in [2.05, 4.69) is 66.1 Å². The van der Waals surface area contributed by atoms with Crippen LogP contribution in [0.2, 0.25) is 39.3 Å². The molecular formula is C26H48O2Si2. The SMILES string of the molecule is CC12CC[C@H](O[Si](C)(C)C)CC1=CCC1C2CCC2(C)C1CC[C@@]2(C)O[Si](C)(C)C. The lowest BCUT2D eigenvalue weighted by molar-refractivity contribution is -0.106. The van der Waals surface area contributed by atoms with Gasteiger partial charge >= 0.3 is 0 Å². The van der Waals surface area contributed by atoms with Gasteiger partial charge in [-0.3, -0.25) is 0 Å². The number of hydrogen-bond acceptors (Lipinski definition) is 2. The van der Waals surface area contributed by atoms with E-state index in [0.717, 1.165) is 17.8 Å². The Morgan fingerprint density at radius 3 is 2.13 bits per heavy atom. The predicted molar refractivity (Wildman–Crippen MR) is 133 cm³/mol. The third-order valence-corrected chi connectivity index (χ3v) is 11.7. The summed E-state index contributed by atoms with van der Waals surface area (Å²) in [6.45, 7) is 21.8. The second kappa shape index (κ2) is 7.30. The standard InChI is InChI=1S/C26H48O2Si2/c1-24-15-12-20(27-29(4,5)6)18-19(24)10-11-21-22(24)13-16-25(2)23(21)14-17-26(25,3)28-30(7,8)9/h10,20-23H,11-18H2,1-9H3/t20-,21?,22?,23?,24?,25?,26+/m0/s1. The molecule has 7 atom stereocenters. The van der Waals surface area contributed by atoms with Crippen LogP contribution < -0.4 is 0 Å². The van der Waals surface area contributed by atoms with Gasteiger partial charge in [0.15, 0.2) is 16.6 Å². The second-order valence-electron chi connectivity index (χ2n) is 13.8. The van der Waals surface area contributed by atoms with Gasteiger partial charge in [-0.2, -0.15) is 0 Å². The molecule has 30 heavy (non-hydrogen) atoms. The number of hydrogen-bond donors (Lipinski definition) is 0. The maximum atomic E-state index is 6.94. The van der Waals surface area contributed by atoms with Crippen LogP contribution in [0.15, 0.2) is 11.6 Å². The molecular weight excluding hydrogens is 400 g/mol. The fourth-order valence-corrected chi connectivity index (χ4v) is 11.2. The fraction of sp³-hybridized carbons (Fsp3) is 0.923. The largest absolute Gasteiger partial charge is 0.414 e. The Morgan fingerprint density at radius 2 is 1.50 bits per heavy atom. The average molecular weight is 449 g/mol. The Labute approximate surface area is 188 Å². The second-order valence-corrected chi connectivity index (χ2v) is 22.7. The molecule has 0 N–H and O–H groups in total. The molecule has 0 saturated heterocycles. The summed E-state index contributed by atoms with van der Waals surface area (Å²) in [5.74, 6) is 2.57. The molecule has 0 aliphatic heterocycles. The van der Waals surface area contributed by atoms with Gasteiger partial charge in [-0.15, -0.1) is 0 Å². The van der Waals surface area contributed by atoms with Crippen LogP contribution in [-0.2, 0) is 8.85 Å². The maximum absolute atomic E-state index is 6.94. The van der Waals surface area contributed by atoms with E-state index in [0.29, 0.717) is 16.9 Å². The summed E-state index contributed by atoms with van der Waals surface area (Å²) < 4.78 is 13.5. The van der Waals surface area contributed by atoms with E-state index in [1.165, 1.54) is 51.4 Å². The van der Waals surface area contributed by atoms with Crippen molar-refractivity contribution in [3.05, 3.63) is 11.6 Å². The van der Waals surface area contributed by atoms with E-state index in [9.17, 15) is 0 Å². The van der Waals surface area contributed by atoms with Crippen LogP contribution in [0, 0.1) is 28.6 Å². The van der Waals surface area contributed by atoms with Crippen molar-refractivity contribution >= 4 is 16.6 Å². The minimum atomic E-state index is -1.55. The van der Waals surface area contributed by atoms with Crippen molar-refractivity contribution in [1.29, 1.82) is 0 Å². The molecule has 0 aromatic carbocycles. The van der Waals surface area contributed by atoms with E-state index in [1.807, 2.05) is 0 Å². The molecule has 4 aliphatic carbocycles. The van der Waals surface area contributed by atoms with Crippen LogP contribution in [0.1, 0.15) is 72.1 Å². The van der Waals surface area contributed by atoms with Crippen LogP contribution in [0.4, 0.5) is 0 Å². The van der Waals surface area contributed by atoms with E-state index < -0.39 is 16.6 Å². The van der Waals surface area contributed by atoms with Crippen molar-refractivity contribution in [2.45, 2.75) is 123 Å². The van der Waals surface area contributed by atoms with Crippen LogP contribution >= 0.6 is 0 Å². The number of fused-ring (bicyclic) bond motifs is 5. The van der Waals surface area contributed by atoms with Gasteiger partial charge in [0.25, 0.3) is 0 Å². The third kappa shape index (κ3) is 3.86. The number of rotatable bonds is 4. The zero-order valence-electron chi connectivity index (χ0n) is 21.4. The van der Waals surface area contributed by atoms with Crippen LogP contribution in [-0.4, -0.2) is 28.3 Å². The van der Waals surface area contributed by atoms with Crippen molar-refractivity contribution in [3.63, 3.8) is 0 Å². The zero-order chi connectivity index (χ0) is 22.2. The van der Waals surface area contributed by atoms with E-state index >= 15 is 0 Å². The van der Waals surface area contributed by atoms with Gasteiger partial charge in [0.2, 0.25) is 0 Å². The van der Waals surface area contributed by atoms with Crippen molar-refractivity contribution in [3.8, 4) is 0 Å². The molecule has 4 heteroatoms. The van der Waals surface area contributed by atoms with Gasteiger partial charge in [0.1, 0.15) is 0 Å². The van der Waals surface area contributed by atoms with Crippen LogP contribution in [0.3, 0.4) is 0 Å². The molecule has 5 unspecified atom stereocenters. The first kappa shape index (κ1) is 23.3. The minimum Gasteiger partial charge on any atom is -0.414 e. The molecule has 0 amide bonds. The first-order chi connectivity index (χ1) is 13.7. The van der Waals surface area contributed by atoms with Crippen LogP contribution in [0.5, 0.6) is 0 Å². The smallest absolute Gasteiger partial charge is 0.184 e. The Hall–Kier alpha value is 0.0938. The van der Waals surface area contributed by atoms with E-state index in [-0.39, 0.29) is 5.60 Å². The lowest BCUT2D eigenvalue weighted by Crippen LogP contribution is -2.56. The lowest BCUT2D eigenvalue weighted by atomic mass is 9.47. The summed E-state index contributed by atoms with van der Waals surface area (Å²) in [4.78, 5) is 0. The Kier molecular flexibility index (Phi) is 5.66. The highest BCUT2D eigenvalue weighted by Crippen LogP contribution is 2.68. The highest BCUT2D eigenvalue weighted by Gasteiger charge is 2.63. The van der Waals surface area contributed by atoms with Gasteiger partial charge in [-0.05, 0) is 126 Å². The van der Waals surface area contributed by atoms with Gasteiger partial charge in [0, 0.05) is 6.10 Å². The normalized spacial score (nSPS) is 46.6. The Morgan fingerprint density at radius 1 is 0.833 bits per heavy atom. The molecule has 0 spiro atoms. The molecule has 0 heterocycles. The highest BCUT2D eigenvalue weighted by atomic mass is 28.4. The topological polar surface area (TPSA) is 18.5 Å². The third-order valence-electron chi connectivity index (χ3n) is 9.64. The van der Waals surface area contributed by atoms with Crippen molar-refractivity contribution < 1.29 is 8.85 Å². The first-order valence-corrected chi connectivity index (χ1v) is 19.6. The molecule has 0 aromatic rings. The van der Waals surface area contributed by atoms with Crippen LogP contribution in [0.25, 0.3) is 0 Å². The van der Waals surface area contributed by atoms with E-state index in [4.69, 9.17) is 8.85 Å². The van der Waals surface area contributed by atoms with Gasteiger partial charge in [0.05, 0.1) is 5.60 Å². The Bertz CT molecular complexity index is 705. The predicted octanol–water partition coefficient (Wildman–Crippen LogP) is 7.78. The minimum absolute atomic E-state index is 0.0842. The monoisotopic (exact) mass is 448 g/mol. The van der Waals surface area contributed by atoms with Gasteiger partial charge in [-0.25, -0.2) is 0 Å². The van der Waals surface area contributed by atoms with Crippen molar-refractivity contribution in [2.24, 2.45) is 28.6 Å². The number of allylic oxidation sites excluding steroid dienone is 1. The molecule has 0 aromatic heterocycles. The lowest BCUT2D eigenvalue weighted by Gasteiger charge is -2.60. The van der Waals surface area contributed by atoms with E-state index in [1.54, 1.807) is 5.57 Å². The zero-order valence-corrected chi connectivity index (χ0v) is 23.4. The summed E-state index contributed by atoms with van der Waals surface area (Å²) in [7, 11) is -3.02. The molecule has 4 rings (SSSR count). The molecule has 2 nitrogen and oxygen atoms in total. The molecule has 172 valence electrons. The Balaban J connectivity index is 1.56. The van der Waals surface area contributed by atoms with Crippen molar-refractivity contribution in [2.75, 3.05) is 0 Å². The summed E-state index contributed by atoms with van der Waals surface area (Å²) in [6, 6.07) is 0. The van der Waals surface area contributed by atoms with Gasteiger partial charge < -0.3 is 8.85 Å². The van der Waals surface area contributed by atoms with Crippen molar-refractivity contribution in [1.82, 2.24) is 0 Å². The molecule has 4 aliphatic rings. The summed E-state index contributed by atoms with van der Waals surface area (Å²) >= 11 is 0. The summed E-state index contributed by atoms with van der Waals surface area (Å²) in [6.07, 6.45) is 13.7. The molecule has 3 fully saturated rings. The first-order valence-electron chi connectivity index (χ1n) is 12.7. The molecule has 3 saturated carbocycles. The average Bonchev–Trinajstić information content (AvgIpc) is 2.83. The fourth-order valence-electron chi connectivity index (χ4n) is 8.30.